The Morgan fingerprint density at radius 2 is 1.48 bits per heavy atom. The molecule has 1 unspecified atom stereocenters. The molecule has 29 heavy (non-hydrogen) atoms. The van der Waals surface area contributed by atoms with Gasteiger partial charge in [0.05, 0.1) is 0 Å². The standard InChI is InChI=1S/C21H26N2O3.BH2O2/c1-16(2)19(20(24)22-14-13-17-9-5-3-6-10-17)23-21(25)26-15-18-11-7-4-8-12-18;2-1-3/h3-12,16,19H,13-15H2,1-2H3,(H,22,24)(H,23,25);2-3H. The molecule has 2 aromatic carbocycles. The molecule has 7 nitrogen and oxygen atoms in total. The van der Waals surface area contributed by atoms with Crippen molar-refractivity contribution in [1.29, 1.82) is 0 Å². The maximum atomic E-state index is 12.4. The Morgan fingerprint density at radius 3 is 2.00 bits per heavy atom. The summed E-state index contributed by atoms with van der Waals surface area (Å²) >= 11 is 0. The van der Waals surface area contributed by atoms with E-state index in [4.69, 9.17) is 14.8 Å². The van der Waals surface area contributed by atoms with Crippen LogP contribution in [0.3, 0.4) is 0 Å². The molecule has 0 aliphatic rings. The molecule has 8 heteroatoms. The summed E-state index contributed by atoms with van der Waals surface area (Å²) in [4.78, 5) is 24.4. The molecule has 0 aliphatic carbocycles. The van der Waals surface area contributed by atoms with E-state index in [0.29, 0.717) is 6.54 Å². The Kier molecular flexibility index (Phi) is 11.9. The SMILES string of the molecule is CC(C)C(NC(=O)OCc1ccccc1)C(=O)NCCc1ccccc1.O[B]O. The smallest absolute Gasteiger partial charge is 0.445 e. The molecule has 0 heterocycles. The van der Waals surface area contributed by atoms with Crippen molar-refractivity contribution in [3.8, 4) is 0 Å². The Morgan fingerprint density at radius 1 is 0.966 bits per heavy atom. The molecule has 0 bridgehead atoms. The second kappa shape index (κ2) is 14.2. The lowest BCUT2D eigenvalue weighted by molar-refractivity contribution is -0.124. The zero-order chi connectivity index (χ0) is 21.5. The highest BCUT2D eigenvalue weighted by Crippen LogP contribution is 2.05. The van der Waals surface area contributed by atoms with Crippen molar-refractivity contribution in [2.24, 2.45) is 5.92 Å². The van der Waals surface area contributed by atoms with Crippen molar-refractivity contribution in [1.82, 2.24) is 10.6 Å². The van der Waals surface area contributed by atoms with Gasteiger partial charge in [-0.3, -0.25) is 4.79 Å². The average Bonchev–Trinajstić information content (AvgIpc) is 2.72. The number of benzene rings is 2. The fourth-order valence-electron chi connectivity index (χ4n) is 2.51. The van der Waals surface area contributed by atoms with Gasteiger partial charge in [-0.2, -0.15) is 0 Å². The summed E-state index contributed by atoms with van der Waals surface area (Å²) in [5.41, 5.74) is 2.06. The first-order chi connectivity index (χ1) is 14.0. The molecule has 1 radical (unpaired) electrons. The van der Waals surface area contributed by atoms with Gasteiger partial charge in [0.1, 0.15) is 12.6 Å². The van der Waals surface area contributed by atoms with E-state index in [1.807, 2.05) is 74.5 Å². The lowest BCUT2D eigenvalue weighted by Crippen LogP contribution is -2.50. The van der Waals surface area contributed by atoms with Gasteiger partial charge < -0.3 is 25.4 Å². The van der Waals surface area contributed by atoms with Crippen molar-refractivity contribution < 1.29 is 24.4 Å². The van der Waals surface area contributed by atoms with Gasteiger partial charge in [0.2, 0.25) is 5.91 Å². The normalized spacial score (nSPS) is 10.9. The van der Waals surface area contributed by atoms with Crippen molar-refractivity contribution in [2.45, 2.75) is 32.9 Å². The predicted octanol–water partition coefficient (Wildman–Crippen LogP) is 1.80. The third-order valence-corrected chi connectivity index (χ3v) is 3.99. The minimum absolute atomic E-state index is 0. The van der Waals surface area contributed by atoms with Crippen molar-refractivity contribution in [3.05, 3.63) is 71.8 Å². The molecular weight excluding hydrogens is 371 g/mol. The van der Waals surface area contributed by atoms with E-state index in [1.54, 1.807) is 0 Å². The summed E-state index contributed by atoms with van der Waals surface area (Å²) in [7, 11) is 0. The zero-order valence-electron chi connectivity index (χ0n) is 16.7. The van der Waals surface area contributed by atoms with Crippen LogP contribution in [0.2, 0.25) is 0 Å². The zero-order valence-corrected chi connectivity index (χ0v) is 16.7. The Balaban J connectivity index is 0.00000132. The number of amides is 2. The van der Waals surface area contributed by atoms with Crippen LogP contribution in [0.1, 0.15) is 25.0 Å². The summed E-state index contributed by atoms with van der Waals surface area (Å²) < 4.78 is 5.20. The van der Waals surface area contributed by atoms with E-state index in [-0.39, 0.29) is 26.1 Å². The van der Waals surface area contributed by atoms with E-state index in [1.165, 1.54) is 0 Å². The molecule has 0 aliphatic heterocycles. The quantitative estimate of drug-likeness (QED) is 0.507. The first-order valence-electron chi connectivity index (χ1n) is 9.36. The number of hydrogen-bond donors (Lipinski definition) is 4. The number of alkyl carbamates (subject to hydrolysis) is 1. The molecule has 0 spiro atoms. The first-order valence-corrected chi connectivity index (χ1v) is 9.36. The van der Waals surface area contributed by atoms with Gasteiger partial charge in [-0.1, -0.05) is 74.5 Å². The molecule has 4 N–H and O–H groups in total. The van der Waals surface area contributed by atoms with E-state index < -0.39 is 12.1 Å². The minimum atomic E-state index is -0.631. The van der Waals surface area contributed by atoms with Crippen LogP contribution < -0.4 is 10.6 Å². The number of hydrogen-bond acceptors (Lipinski definition) is 5. The third-order valence-electron chi connectivity index (χ3n) is 3.99. The van der Waals surface area contributed by atoms with Crippen molar-refractivity contribution in [2.75, 3.05) is 6.54 Å². The van der Waals surface area contributed by atoms with Crippen LogP contribution >= 0.6 is 0 Å². The minimum Gasteiger partial charge on any atom is -0.445 e. The summed E-state index contributed by atoms with van der Waals surface area (Å²) in [6.45, 7) is 4.47. The molecule has 2 amide bonds. The highest BCUT2D eigenvalue weighted by Gasteiger charge is 2.24. The van der Waals surface area contributed by atoms with Gasteiger partial charge in [-0.15, -0.1) is 0 Å². The van der Waals surface area contributed by atoms with Gasteiger partial charge in [0, 0.05) is 6.54 Å². The number of rotatable bonds is 8. The van der Waals surface area contributed by atoms with Gasteiger partial charge in [-0.25, -0.2) is 4.79 Å². The molecule has 155 valence electrons. The monoisotopic (exact) mass is 399 g/mol. The number of nitrogens with one attached hydrogen (secondary N) is 2. The van der Waals surface area contributed by atoms with Crippen LogP contribution in [0.5, 0.6) is 0 Å². The lowest BCUT2D eigenvalue weighted by atomic mass is 10.0. The van der Waals surface area contributed by atoms with Gasteiger partial charge in [0.25, 0.3) is 0 Å². The van der Waals surface area contributed by atoms with Crippen LogP contribution in [0.15, 0.2) is 60.7 Å². The Labute approximate surface area is 172 Å². The van der Waals surface area contributed by atoms with E-state index in [2.05, 4.69) is 10.6 Å². The maximum absolute atomic E-state index is 12.4. The highest BCUT2D eigenvalue weighted by molar-refractivity contribution is 6.13. The molecule has 1 atom stereocenters. The van der Waals surface area contributed by atoms with Gasteiger partial charge >= 0.3 is 13.8 Å². The van der Waals surface area contributed by atoms with Crippen molar-refractivity contribution in [3.63, 3.8) is 0 Å². The summed E-state index contributed by atoms with van der Waals surface area (Å²) in [5.74, 6) is -0.247. The summed E-state index contributed by atoms with van der Waals surface area (Å²) in [6, 6.07) is 18.7. The van der Waals surface area contributed by atoms with Gasteiger partial charge in [-0.05, 0) is 23.5 Å². The molecule has 2 rings (SSSR count). The molecule has 0 fully saturated rings. The lowest BCUT2D eigenvalue weighted by Gasteiger charge is -2.21. The molecule has 0 aromatic heterocycles. The van der Waals surface area contributed by atoms with Crippen LogP contribution in [0.4, 0.5) is 4.79 Å². The van der Waals surface area contributed by atoms with Crippen LogP contribution in [-0.4, -0.2) is 42.3 Å². The number of ether oxygens (including phenoxy) is 1. The van der Waals surface area contributed by atoms with Gasteiger partial charge in [0.15, 0.2) is 0 Å². The fourth-order valence-corrected chi connectivity index (χ4v) is 2.51. The summed E-state index contributed by atoms with van der Waals surface area (Å²) in [6.07, 6.45) is 0.154. The Hall–Kier alpha value is -2.84. The van der Waals surface area contributed by atoms with E-state index in [9.17, 15) is 9.59 Å². The third kappa shape index (κ3) is 10.3. The predicted molar refractivity (Wildman–Crippen MR) is 112 cm³/mol. The average molecular weight is 399 g/mol. The van der Waals surface area contributed by atoms with Crippen LogP contribution in [0.25, 0.3) is 0 Å². The van der Waals surface area contributed by atoms with Crippen molar-refractivity contribution >= 4 is 19.7 Å². The largest absolute Gasteiger partial charge is 0.482 e. The first kappa shape index (κ1) is 24.2. The maximum Gasteiger partial charge on any atom is 0.482 e. The second-order valence-corrected chi connectivity index (χ2v) is 6.57. The molecular formula is C21H28BN2O5. The van der Waals surface area contributed by atoms with E-state index in [0.717, 1.165) is 17.5 Å². The van der Waals surface area contributed by atoms with Crippen LogP contribution in [-0.2, 0) is 22.6 Å². The number of carbonyl (C=O) groups excluding carboxylic acids is 2. The Bertz CT molecular complexity index is 714. The molecule has 2 aromatic rings. The van der Waals surface area contributed by atoms with Crippen LogP contribution in [0, 0.1) is 5.92 Å². The summed E-state index contributed by atoms with van der Waals surface area (Å²) in [5, 5.41) is 19.5. The fraction of sp³-hybridized carbons (Fsp3) is 0.333. The molecule has 0 saturated carbocycles. The highest BCUT2D eigenvalue weighted by atomic mass is 16.5. The molecule has 0 saturated heterocycles. The number of carbonyl (C=O) groups is 2. The van der Waals surface area contributed by atoms with E-state index >= 15 is 0 Å². The second-order valence-electron chi connectivity index (χ2n) is 6.57. The topological polar surface area (TPSA) is 108 Å².